The number of ether oxygens (including phenoxy) is 1. The lowest BCUT2D eigenvalue weighted by molar-refractivity contribution is 0.102. The van der Waals surface area contributed by atoms with Gasteiger partial charge in [0.05, 0.1) is 17.4 Å². The first-order chi connectivity index (χ1) is 16.8. The van der Waals surface area contributed by atoms with Crippen LogP contribution in [0.2, 0.25) is 0 Å². The minimum Gasteiger partial charge on any atom is -0.438 e. The molecule has 2 heterocycles. The number of nitrogens with zero attached hydrogens (tertiary/aromatic N) is 2. The van der Waals surface area contributed by atoms with Gasteiger partial charge in [0.25, 0.3) is 5.91 Å². The average molecular weight is 447 g/mol. The molecule has 34 heavy (non-hydrogen) atoms. The van der Waals surface area contributed by atoms with E-state index in [1.54, 1.807) is 48.9 Å². The zero-order chi connectivity index (χ0) is 23.2. The van der Waals surface area contributed by atoms with Crippen molar-refractivity contribution in [3.63, 3.8) is 0 Å². The van der Waals surface area contributed by atoms with Gasteiger partial charge in [-0.3, -0.25) is 9.89 Å². The number of nitrogens with one attached hydrogen (secondary N) is 3. The van der Waals surface area contributed by atoms with Gasteiger partial charge in [-0.15, -0.1) is 0 Å². The molecule has 5 rings (SSSR count). The van der Waals surface area contributed by atoms with Crippen molar-refractivity contribution < 1.29 is 9.53 Å². The van der Waals surface area contributed by atoms with Gasteiger partial charge >= 0.3 is 0 Å². The first kappa shape index (κ1) is 21.0. The summed E-state index contributed by atoms with van der Waals surface area (Å²) >= 11 is 0. The number of hydrogen-bond donors (Lipinski definition) is 3. The summed E-state index contributed by atoms with van der Waals surface area (Å²) in [5.41, 5.74) is 4.56. The number of anilines is 3. The van der Waals surface area contributed by atoms with E-state index in [2.05, 4.69) is 25.8 Å². The number of carbonyl (C=O) groups excluding carboxylic acids is 1. The number of H-pyrrole nitrogens is 1. The Morgan fingerprint density at radius 2 is 1.62 bits per heavy atom. The van der Waals surface area contributed by atoms with Gasteiger partial charge in [-0.05, 0) is 60.7 Å². The monoisotopic (exact) mass is 447 g/mol. The summed E-state index contributed by atoms with van der Waals surface area (Å²) in [5.74, 6) is 0.869. The number of rotatable bonds is 7. The van der Waals surface area contributed by atoms with Crippen LogP contribution in [0.5, 0.6) is 11.6 Å². The fraction of sp³-hybridized carbons (Fsp3) is 0. The maximum absolute atomic E-state index is 13.0. The standard InChI is InChI=1S/C27H21N5O2/c33-26(24-9-4-5-11-25(24)31-20-7-2-1-3-8-20)32-21-12-14-22(15-13-21)34-27-23(10-6-16-28-27)19-17-29-30-18-19/h1-18,31H,(H,29,30)(H,32,33). The quantitative estimate of drug-likeness (QED) is 0.274. The van der Waals surface area contributed by atoms with Crippen LogP contribution in [0.3, 0.4) is 0 Å². The van der Waals surface area contributed by atoms with E-state index in [1.807, 2.05) is 60.7 Å². The highest BCUT2D eigenvalue weighted by molar-refractivity contribution is 6.08. The number of aromatic amines is 1. The molecule has 3 aromatic carbocycles. The lowest BCUT2D eigenvalue weighted by Gasteiger charge is -2.13. The number of benzene rings is 3. The van der Waals surface area contributed by atoms with E-state index in [1.165, 1.54) is 0 Å². The third kappa shape index (κ3) is 4.78. The summed E-state index contributed by atoms with van der Waals surface area (Å²) in [5, 5.41) is 13.0. The molecular weight excluding hydrogens is 426 g/mol. The highest BCUT2D eigenvalue weighted by Gasteiger charge is 2.13. The second kappa shape index (κ2) is 9.70. The number of carbonyl (C=O) groups is 1. The number of pyridine rings is 1. The van der Waals surface area contributed by atoms with Crippen LogP contribution in [0.1, 0.15) is 10.4 Å². The van der Waals surface area contributed by atoms with Crippen LogP contribution < -0.4 is 15.4 Å². The molecule has 3 N–H and O–H groups in total. The molecule has 1 amide bonds. The molecule has 0 aliphatic carbocycles. The Kier molecular flexibility index (Phi) is 5.98. The first-order valence-corrected chi connectivity index (χ1v) is 10.7. The van der Waals surface area contributed by atoms with E-state index in [-0.39, 0.29) is 5.91 Å². The molecule has 0 spiro atoms. The molecule has 7 heteroatoms. The predicted octanol–water partition coefficient (Wildman–Crippen LogP) is 6.26. The highest BCUT2D eigenvalue weighted by Crippen LogP contribution is 2.31. The number of para-hydroxylation sites is 2. The van der Waals surface area contributed by atoms with Crippen molar-refractivity contribution in [3.8, 4) is 22.8 Å². The molecule has 0 aliphatic heterocycles. The smallest absolute Gasteiger partial charge is 0.257 e. The van der Waals surface area contributed by atoms with Crippen molar-refractivity contribution in [1.82, 2.24) is 15.2 Å². The SMILES string of the molecule is O=C(Nc1ccc(Oc2ncccc2-c2cn[nH]c2)cc1)c1ccccc1Nc1ccccc1. The van der Waals surface area contributed by atoms with Gasteiger partial charge in [0, 0.05) is 34.9 Å². The fourth-order valence-corrected chi connectivity index (χ4v) is 3.47. The van der Waals surface area contributed by atoms with Gasteiger partial charge in [0.1, 0.15) is 5.75 Å². The van der Waals surface area contributed by atoms with Gasteiger partial charge in [-0.2, -0.15) is 5.10 Å². The van der Waals surface area contributed by atoms with E-state index in [9.17, 15) is 4.79 Å². The zero-order valence-electron chi connectivity index (χ0n) is 18.1. The van der Waals surface area contributed by atoms with Crippen molar-refractivity contribution in [2.75, 3.05) is 10.6 Å². The molecule has 0 saturated heterocycles. The number of amides is 1. The maximum Gasteiger partial charge on any atom is 0.257 e. The van der Waals surface area contributed by atoms with E-state index in [0.29, 0.717) is 22.9 Å². The average Bonchev–Trinajstić information content (AvgIpc) is 3.41. The lowest BCUT2D eigenvalue weighted by atomic mass is 10.1. The first-order valence-electron chi connectivity index (χ1n) is 10.7. The summed E-state index contributed by atoms with van der Waals surface area (Å²) < 4.78 is 5.99. The molecule has 0 bridgehead atoms. The predicted molar refractivity (Wildman–Crippen MR) is 132 cm³/mol. The molecule has 0 unspecified atom stereocenters. The molecule has 5 aromatic rings. The second-order valence-corrected chi connectivity index (χ2v) is 7.46. The Labute approximate surface area is 196 Å². The van der Waals surface area contributed by atoms with Gasteiger partial charge in [-0.1, -0.05) is 30.3 Å². The van der Waals surface area contributed by atoms with Crippen molar-refractivity contribution in [2.45, 2.75) is 0 Å². The Morgan fingerprint density at radius 3 is 2.41 bits per heavy atom. The van der Waals surface area contributed by atoms with Crippen molar-refractivity contribution >= 4 is 23.0 Å². The third-order valence-corrected chi connectivity index (χ3v) is 5.13. The molecule has 0 saturated carbocycles. The number of aromatic nitrogens is 3. The van der Waals surface area contributed by atoms with Crippen molar-refractivity contribution in [1.29, 1.82) is 0 Å². The number of hydrogen-bond acceptors (Lipinski definition) is 5. The minimum atomic E-state index is -0.209. The van der Waals surface area contributed by atoms with E-state index in [4.69, 9.17) is 4.74 Å². The molecule has 0 fully saturated rings. The van der Waals surface area contributed by atoms with Crippen molar-refractivity contribution in [3.05, 3.63) is 115 Å². The minimum absolute atomic E-state index is 0.209. The van der Waals surface area contributed by atoms with Gasteiger partial charge < -0.3 is 15.4 Å². The van der Waals surface area contributed by atoms with Crippen LogP contribution in [0.4, 0.5) is 17.1 Å². The van der Waals surface area contributed by atoms with Gasteiger partial charge in [-0.25, -0.2) is 4.98 Å². The summed E-state index contributed by atoms with van der Waals surface area (Å²) in [6.45, 7) is 0. The van der Waals surface area contributed by atoms with Crippen LogP contribution in [0.15, 0.2) is 110 Å². The largest absolute Gasteiger partial charge is 0.438 e. The fourth-order valence-electron chi connectivity index (χ4n) is 3.47. The molecule has 0 aliphatic rings. The van der Waals surface area contributed by atoms with Crippen LogP contribution in [-0.2, 0) is 0 Å². The second-order valence-electron chi connectivity index (χ2n) is 7.46. The molecule has 166 valence electrons. The molecule has 2 aromatic heterocycles. The summed E-state index contributed by atoms with van der Waals surface area (Å²) in [6, 6.07) is 28.1. The summed E-state index contributed by atoms with van der Waals surface area (Å²) in [4.78, 5) is 17.3. The molecule has 0 radical (unpaired) electrons. The molecule has 7 nitrogen and oxygen atoms in total. The van der Waals surface area contributed by atoms with Crippen molar-refractivity contribution in [2.24, 2.45) is 0 Å². The van der Waals surface area contributed by atoms with Crippen LogP contribution in [-0.4, -0.2) is 21.1 Å². The van der Waals surface area contributed by atoms with E-state index < -0.39 is 0 Å². The van der Waals surface area contributed by atoms with E-state index >= 15 is 0 Å². The molecule has 0 atom stereocenters. The Hall–Kier alpha value is -4.91. The molecular formula is C27H21N5O2. The van der Waals surface area contributed by atoms with Crippen LogP contribution in [0, 0.1) is 0 Å². The highest BCUT2D eigenvalue weighted by atomic mass is 16.5. The lowest BCUT2D eigenvalue weighted by Crippen LogP contribution is -2.13. The topological polar surface area (TPSA) is 91.9 Å². The zero-order valence-corrected chi connectivity index (χ0v) is 18.1. The van der Waals surface area contributed by atoms with Gasteiger partial charge in [0.15, 0.2) is 0 Å². The van der Waals surface area contributed by atoms with Crippen LogP contribution >= 0.6 is 0 Å². The Morgan fingerprint density at radius 1 is 0.824 bits per heavy atom. The van der Waals surface area contributed by atoms with E-state index in [0.717, 1.165) is 22.5 Å². The van der Waals surface area contributed by atoms with Gasteiger partial charge in [0.2, 0.25) is 5.88 Å². The Bertz CT molecular complexity index is 1380. The maximum atomic E-state index is 13.0. The van der Waals surface area contributed by atoms with Crippen LogP contribution in [0.25, 0.3) is 11.1 Å². The summed E-state index contributed by atoms with van der Waals surface area (Å²) in [6.07, 6.45) is 5.18. The Balaban J connectivity index is 1.29. The third-order valence-electron chi connectivity index (χ3n) is 5.13. The normalized spacial score (nSPS) is 10.5. The summed E-state index contributed by atoms with van der Waals surface area (Å²) in [7, 11) is 0.